The van der Waals surface area contributed by atoms with Crippen molar-refractivity contribution < 1.29 is 13.2 Å². The van der Waals surface area contributed by atoms with Gasteiger partial charge in [-0.1, -0.05) is 6.07 Å². The quantitative estimate of drug-likeness (QED) is 0.368. The smallest absolute Gasteiger partial charge is 0.323 e. The van der Waals surface area contributed by atoms with Crippen LogP contribution in [0.25, 0.3) is 0 Å². The molecule has 14 heavy (non-hydrogen) atoms. The zero-order valence-corrected chi connectivity index (χ0v) is 9.00. The van der Waals surface area contributed by atoms with Crippen molar-refractivity contribution in [1.29, 1.82) is 0 Å². The van der Waals surface area contributed by atoms with Crippen LogP contribution >= 0.6 is 22.6 Å². The minimum atomic E-state index is -4.34. The molecule has 1 aromatic rings. The molecule has 6 heteroatoms. The number of halogens is 4. The van der Waals surface area contributed by atoms with Crippen LogP contribution in [0, 0.1) is 3.57 Å². The Balaban J connectivity index is 3.22. The number of benzene rings is 1. The van der Waals surface area contributed by atoms with Gasteiger partial charge < -0.3 is 5.84 Å². The van der Waals surface area contributed by atoms with Crippen LogP contribution in [0.1, 0.15) is 11.1 Å². The molecule has 0 aliphatic heterocycles. The fraction of sp³-hybridized carbons (Fsp3) is 0.125. The van der Waals surface area contributed by atoms with Crippen molar-refractivity contribution in [2.24, 2.45) is 10.9 Å². The first-order chi connectivity index (χ1) is 6.45. The Hall–Kier alpha value is -0.790. The number of hydrogen-bond donors (Lipinski definition) is 1. The van der Waals surface area contributed by atoms with Crippen molar-refractivity contribution in [1.82, 2.24) is 0 Å². The Labute approximate surface area is 92.1 Å². The van der Waals surface area contributed by atoms with Crippen LogP contribution in [0.2, 0.25) is 0 Å². The first-order valence-corrected chi connectivity index (χ1v) is 4.63. The van der Waals surface area contributed by atoms with Gasteiger partial charge in [-0.25, -0.2) is 0 Å². The molecule has 0 amide bonds. The summed E-state index contributed by atoms with van der Waals surface area (Å²) < 4.78 is 37.3. The number of rotatable bonds is 1. The predicted octanol–water partition coefficient (Wildman–Crippen LogP) is 2.60. The lowest BCUT2D eigenvalue weighted by Crippen LogP contribution is -2.08. The highest BCUT2D eigenvalue weighted by Crippen LogP contribution is 2.33. The summed E-state index contributed by atoms with van der Waals surface area (Å²) in [6.45, 7) is 0. The SMILES string of the molecule is NN=Cc1ccc(I)c(C(F)(F)F)c1. The monoisotopic (exact) mass is 314 g/mol. The van der Waals surface area contributed by atoms with E-state index in [2.05, 4.69) is 5.10 Å². The fourth-order valence-corrected chi connectivity index (χ4v) is 1.57. The number of nitrogens with two attached hydrogens (primary N) is 1. The highest BCUT2D eigenvalue weighted by atomic mass is 127. The van der Waals surface area contributed by atoms with Gasteiger partial charge in [-0.3, -0.25) is 0 Å². The van der Waals surface area contributed by atoms with Gasteiger partial charge in [0, 0.05) is 3.57 Å². The highest BCUT2D eigenvalue weighted by Gasteiger charge is 2.32. The van der Waals surface area contributed by atoms with E-state index in [0.717, 1.165) is 6.07 Å². The molecule has 0 saturated heterocycles. The van der Waals surface area contributed by atoms with Crippen molar-refractivity contribution in [2.75, 3.05) is 0 Å². The summed E-state index contributed by atoms with van der Waals surface area (Å²) in [5, 5.41) is 3.16. The first-order valence-electron chi connectivity index (χ1n) is 3.55. The lowest BCUT2D eigenvalue weighted by atomic mass is 10.1. The average molecular weight is 314 g/mol. The van der Waals surface area contributed by atoms with E-state index >= 15 is 0 Å². The molecular formula is C8H6F3IN2. The molecule has 0 fully saturated rings. The molecular weight excluding hydrogens is 308 g/mol. The van der Waals surface area contributed by atoms with E-state index in [4.69, 9.17) is 5.84 Å². The molecule has 76 valence electrons. The van der Waals surface area contributed by atoms with Gasteiger partial charge >= 0.3 is 6.18 Å². The van der Waals surface area contributed by atoms with Crippen molar-refractivity contribution in [3.63, 3.8) is 0 Å². The van der Waals surface area contributed by atoms with Crippen LogP contribution in [0.5, 0.6) is 0 Å². The summed E-state index contributed by atoms with van der Waals surface area (Å²) in [4.78, 5) is 0. The van der Waals surface area contributed by atoms with E-state index in [1.165, 1.54) is 18.3 Å². The Morgan fingerprint density at radius 2 is 2.00 bits per heavy atom. The summed E-state index contributed by atoms with van der Waals surface area (Å²) in [6, 6.07) is 3.91. The zero-order chi connectivity index (χ0) is 10.8. The summed E-state index contributed by atoms with van der Waals surface area (Å²) in [6.07, 6.45) is -3.17. The van der Waals surface area contributed by atoms with Gasteiger partial charge in [0.25, 0.3) is 0 Å². The van der Waals surface area contributed by atoms with Crippen LogP contribution in [0.4, 0.5) is 13.2 Å². The molecule has 2 N–H and O–H groups in total. The van der Waals surface area contributed by atoms with Crippen LogP contribution in [0.15, 0.2) is 23.3 Å². The van der Waals surface area contributed by atoms with Crippen LogP contribution < -0.4 is 5.84 Å². The van der Waals surface area contributed by atoms with Gasteiger partial charge in [0.2, 0.25) is 0 Å². The Morgan fingerprint density at radius 3 is 2.50 bits per heavy atom. The van der Waals surface area contributed by atoms with Gasteiger partial charge in [-0.2, -0.15) is 18.3 Å². The van der Waals surface area contributed by atoms with Crippen LogP contribution in [-0.2, 0) is 6.18 Å². The van der Waals surface area contributed by atoms with Gasteiger partial charge in [-0.05, 0) is 40.3 Å². The van der Waals surface area contributed by atoms with Crippen molar-refractivity contribution in [2.45, 2.75) is 6.18 Å². The highest BCUT2D eigenvalue weighted by molar-refractivity contribution is 14.1. The van der Waals surface area contributed by atoms with E-state index in [-0.39, 0.29) is 3.57 Å². The summed E-state index contributed by atoms with van der Waals surface area (Å²) in [5.74, 6) is 4.84. The molecule has 0 bridgehead atoms. The van der Waals surface area contributed by atoms with Gasteiger partial charge in [-0.15, -0.1) is 0 Å². The largest absolute Gasteiger partial charge is 0.417 e. The second kappa shape index (κ2) is 4.16. The molecule has 2 nitrogen and oxygen atoms in total. The Kier molecular flexibility index (Phi) is 3.35. The lowest BCUT2D eigenvalue weighted by Gasteiger charge is -2.09. The van der Waals surface area contributed by atoms with Crippen molar-refractivity contribution >= 4 is 28.8 Å². The van der Waals surface area contributed by atoms with Crippen molar-refractivity contribution in [3.8, 4) is 0 Å². The zero-order valence-electron chi connectivity index (χ0n) is 6.85. The van der Waals surface area contributed by atoms with Gasteiger partial charge in [0.15, 0.2) is 0 Å². The summed E-state index contributed by atoms with van der Waals surface area (Å²) in [5.41, 5.74) is -0.337. The molecule has 0 radical (unpaired) electrons. The van der Waals surface area contributed by atoms with E-state index in [0.29, 0.717) is 5.56 Å². The second-order valence-corrected chi connectivity index (χ2v) is 3.68. The molecule has 0 unspecified atom stereocenters. The molecule has 0 aliphatic rings. The Bertz CT molecular complexity index is 360. The normalized spacial score (nSPS) is 12.3. The number of hydrogen-bond acceptors (Lipinski definition) is 2. The van der Waals surface area contributed by atoms with E-state index in [9.17, 15) is 13.2 Å². The third-order valence-corrected chi connectivity index (χ3v) is 2.46. The minimum Gasteiger partial charge on any atom is -0.323 e. The third-order valence-electron chi connectivity index (χ3n) is 1.52. The molecule has 1 rings (SSSR count). The van der Waals surface area contributed by atoms with Gasteiger partial charge in [0.05, 0.1) is 11.8 Å². The van der Waals surface area contributed by atoms with E-state index in [1.807, 2.05) is 0 Å². The lowest BCUT2D eigenvalue weighted by molar-refractivity contribution is -0.138. The van der Waals surface area contributed by atoms with E-state index in [1.54, 1.807) is 22.6 Å². The molecule has 0 saturated carbocycles. The van der Waals surface area contributed by atoms with Gasteiger partial charge in [0.1, 0.15) is 0 Å². The second-order valence-electron chi connectivity index (χ2n) is 2.52. The first kappa shape index (κ1) is 11.3. The molecule has 1 aromatic carbocycles. The van der Waals surface area contributed by atoms with E-state index < -0.39 is 11.7 Å². The van der Waals surface area contributed by atoms with Crippen molar-refractivity contribution in [3.05, 3.63) is 32.9 Å². The average Bonchev–Trinajstić information content (AvgIpc) is 2.07. The number of hydrazone groups is 1. The summed E-state index contributed by atoms with van der Waals surface area (Å²) >= 11 is 1.63. The third kappa shape index (κ3) is 2.60. The van der Waals surface area contributed by atoms with Crippen LogP contribution in [-0.4, -0.2) is 6.21 Å². The standard InChI is InChI=1S/C8H6F3IN2/c9-8(10,11)6-3-5(4-14-13)1-2-7(6)12/h1-4H,13H2. The molecule has 0 spiro atoms. The summed E-state index contributed by atoms with van der Waals surface area (Å²) in [7, 11) is 0. The number of alkyl halides is 3. The Morgan fingerprint density at radius 1 is 1.36 bits per heavy atom. The predicted molar refractivity (Wildman–Crippen MR) is 55.9 cm³/mol. The maximum Gasteiger partial charge on any atom is 0.417 e. The molecule has 0 aromatic heterocycles. The molecule has 0 heterocycles. The minimum absolute atomic E-state index is 0.157. The maximum absolute atomic E-state index is 12.4. The van der Waals surface area contributed by atoms with Crippen LogP contribution in [0.3, 0.4) is 0 Å². The fourth-order valence-electron chi connectivity index (χ4n) is 0.926. The molecule has 0 aliphatic carbocycles. The topological polar surface area (TPSA) is 38.4 Å². The maximum atomic E-state index is 12.4. The number of nitrogens with zero attached hydrogens (tertiary/aromatic N) is 1. The molecule has 0 atom stereocenters.